The first-order valence-electron chi connectivity index (χ1n) is 11.0. The minimum atomic E-state index is 0.539. The lowest BCUT2D eigenvalue weighted by Crippen LogP contribution is -1.91. The Balaban J connectivity index is 1.44. The minimum Gasteiger partial charge on any atom is -0.497 e. The third-order valence-corrected chi connectivity index (χ3v) is 5.68. The van der Waals surface area contributed by atoms with E-state index in [0.29, 0.717) is 46.3 Å². The van der Waals surface area contributed by atoms with Crippen molar-refractivity contribution in [2.45, 2.75) is 0 Å². The first-order valence-corrected chi connectivity index (χ1v) is 11.0. The number of nitrogens with zero attached hydrogens (tertiary/aromatic N) is 4. The van der Waals surface area contributed by atoms with Gasteiger partial charge in [0, 0.05) is 23.3 Å². The molecule has 2 aromatic heterocycles. The van der Waals surface area contributed by atoms with Crippen molar-refractivity contribution < 1.29 is 18.9 Å². The number of nitrogens with one attached hydrogen (secondary N) is 2. The Morgan fingerprint density at radius 2 is 1.03 bits per heavy atom. The van der Waals surface area contributed by atoms with Gasteiger partial charge in [0.05, 0.1) is 39.6 Å². The molecule has 5 rings (SSSR count). The number of aromatic nitrogens is 6. The van der Waals surface area contributed by atoms with Gasteiger partial charge in [-0.25, -0.2) is 9.97 Å². The fraction of sp³-hybridized carbons (Fsp3) is 0.154. The monoisotopic (exact) mass is 484 g/mol. The molecule has 3 aromatic carbocycles. The van der Waals surface area contributed by atoms with Crippen LogP contribution in [0.25, 0.3) is 45.6 Å². The zero-order valence-electron chi connectivity index (χ0n) is 20.2. The van der Waals surface area contributed by atoms with Crippen molar-refractivity contribution in [3.8, 4) is 68.5 Å². The lowest BCUT2D eigenvalue weighted by molar-refractivity contribution is 0.395. The van der Waals surface area contributed by atoms with Gasteiger partial charge in [-0.3, -0.25) is 10.2 Å². The van der Waals surface area contributed by atoms with Gasteiger partial charge in [0.2, 0.25) is 0 Å². The standard InChI is InChI=1S/C26H24N6O4/c1-33-17-8-10-19(21(13-17)35-3)25-27-23(29-31-25)15-6-5-7-16(12-15)24-28-26(32-30-24)20-11-9-18(34-2)14-22(20)36-4/h5-14H,1-4H3,(H,27,29,31)(H,28,30,32). The van der Waals surface area contributed by atoms with Gasteiger partial charge < -0.3 is 18.9 Å². The largest absolute Gasteiger partial charge is 0.497 e. The van der Waals surface area contributed by atoms with E-state index in [2.05, 4.69) is 30.4 Å². The molecule has 2 N–H and O–H groups in total. The molecule has 10 heteroatoms. The number of methoxy groups -OCH3 is 4. The average Bonchev–Trinajstić information content (AvgIpc) is 3.63. The van der Waals surface area contributed by atoms with Crippen LogP contribution in [-0.2, 0) is 0 Å². The molecule has 0 aliphatic heterocycles. The summed E-state index contributed by atoms with van der Waals surface area (Å²) in [7, 11) is 6.43. The molecule has 5 aromatic rings. The van der Waals surface area contributed by atoms with Crippen molar-refractivity contribution in [1.82, 2.24) is 30.4 Å². The summed E-state index contributed by atoms with van der Waals surface area (Å²) in [6, 6.07) is 18.8. The molecule has 0 fully saturated rings. The SMILES string of the molecule is COc1ccc(-c2nc(-c3cccc(-c4n[nH]c(-c5ccc(OC)cc5OC)n4)c3)n[nH]2)c(OC)c1. The van der Waals surface area contributed by atoms with Crippen molar-refractivity contribution in [2.24, 2.45) is 0 Å². The summed E-state index contributed by atoms with van der Waals surface area (Å²) in [6.07, 6.45) is 0. The topological polar surface area (TPSA) is 120 Å². The fourth-order valence-electron chi connectivity index (χ4n) is 3.81. The molecule has 0 saturated carbocycles. The average molecular weight is 485 g/mol. The maximum atomic E-state index is 5.50. The molecular formula is C26H24N6O4. The Kier molecular flexibility index (Phi) is 6.23. The van der Waals surface area contributed by atoms with Gasteiger partial charge in [-0.05, 0) is 30.3 Å². The number of aromatic amines is 2. The first-order chi connectivity index (χ1) is 17.6. The van der Waals surface area contributed by atoms with Crippen LogP contribution in [0.4, 0.5) is 0 Å². The zero-order chi connectivity index (χ0) is 25.1. The Morgan fingerprint density at radius 3 is 1.44 bits per heavy atom. The van der Waals surface area contributed by atoms with Gasteiger partial charge in [-0.1, -0.05) is 18.2 Å². The first kappa shape index (κ1) is 22.9. The summed E-state index contributed by atoms with van der Waals surface area (Å²) in [5, 5.41) is 14.8. The van der Waals surface area contributed by atoms with Crippen molar-refractivity contribution in [2.75, 3.05) is 28.4 Å². The fourth-order valence-corrected chi connectivity index (χ4v) is 3.81. The van der Waals surface area contributed by atoms with Gasteiger partial charge >= 0.3 is 0 Å². The second-order valence-electron chi connectivity index (χ2n) is 7.73. The quantitative estimate of drug-likeness (QED) is 0.327. The normalized spacial score (nSPS) is 10.8. The van der Waals surface area contributed by atoms with Crippen LogP contribution in [0.5, 0.6) is 23.0 Å². The number of H-pyrrole nitrogens is 2. The number of rotatable bonds is 8. The molecule has 2 heterocycles. The van der Waals surface area contributed by atoms with Crippen LogP contribution in [0.15, 0.2) is 60.7 Å². The summed E-state index contributed by atoms with van der Waals surface area (Å²) < 4.78 is 21.6. The maximum Gasteiger partial charge on any atom is 0.181 e. The maximum absolute atomic E-state index is 5.50. The lowest BCUT2D eigenvalue weighted by atomic mass is 10.1. The van der Waals surface area contributed by atoms with E-state index in [9.17, 15) is 0 Å². The third kappa shape index (κ3) is 4.31. The third-order valence-electron chi connectivity index (χ3n) is 5.68. The summed E-state index contributed by atoms with van der Waals surface area (Å²) in [5.74, 6) is 4.90. The van der Waals surface area contributed by atoms with Crippen molar-refractivity contribution >= 4 is 0 Å². The molecule has 182 valence electrons. The van der Waals surface area contributed by atoms with Gasteiger partial charge in [0.25, 0.3) is 0 Å². The smallest absolute Gasteiger partial charge is 0.181 e. The van der Waals surface area contributed by atoms with Gasteiger partial charge in [0.15, 0.2) is 23.3 Å². The Morgan fingerprint density at radius 1 is 0.556 bits per heavy atom. The van der Waals surface area contributed by atoms with Gasteiger partial charge in [0.1, 0.15) is 23.0 Å². The summed E-state index contributed by atoms with van der Waals surface area (Å²) in [6.45, 7) is 0. The highest BCUT2D eigenvalue weighted by molar-refractivity contribution is 5.72. The Hall–Kier alpha value is -4.86. The summed E-state index contributed by atoms with van der Waals surface area (Å²) in [5.41, 5.74) is 3.19. The van der Waals surface area contributed by atoms with Gasteiger partial charge in [-0.15, -0.1) is 0 Å². The lowest BCUT2D eigenvalue weighted by Gasteiger charge is -2.08. The summed E-state index contributed by atoms with van der Waals surface area (Å²) in [4.78, 5) is 9.35. The van der Waals surface area contributed by atoms with E-state index in [0.717, 1.165) is 22.3 Å². The van der Waals surface area contributed by atoms with Crippen LogP contribution < -0.4 is 18.9 Å². The zero-order valence-corrected chi connectivity index (χ0v) is 20.2. The van der Waals surface area contributed by atoms with E-state index in [1.165, 1.54) is 0 Å². The van der Waals surface area contributed by atoms with Crippen LogP contribution in [0.1, 0.15) is 0 Å². The van der Waals surface area contributed by atoms with Crippen LogP contribution in [0.3, 0.4) is 0 Å². The number of ether oxygens (including phenoxy) is 4. The molecule has 0 atom stereocenters. The molecular weight excluding hydrogens is 460 g/mol. The van der Waals surface area contributed by atoms with Crippen molar-refractivity contribution in [3.05, 3.63) is 60.7 Å². The highest BCUT2D eigenvalue weighted by Gasteiger charge is 2.16. The molecule has 0 amide bonds. The molecule has 0 radical (unpaired) electrons. The number of benzene rings is 3. The van der Waals surface area contributed by atoms with E-state index in [-0.39, 0.29) is 0 Å². The molecule has 0 saturated heterocycles. The predicted molar refractivity (Wildman–Crippen MR) is 134 cm³/mol. The van der Waals surface area contributed by atoms with Gasteiger partial charge in [-0.2, -0.15) is 10.2 Å². The molecule has 10 nitrogen and oxygen atoms in total. The highest BCUT2D eigenvalue weighted by atomic mass is 16.5. The van der Waals surface area contributed by atoms with Crippen LogP contribution in [0.2, 0.25) is 0 Å². The van der Waals surface area contributed by atoms with E-state index < -0.39 is 0 Å². The predicted octanol–water partition coefficient (Wildman–Crippen LogP) is 4.63. The van der Waals surface area contributed by atoms with Crippen LogP contribution >= 0.6 is 0 Å². The Bertz CT molecular complexity index is 1400. The van der Waals surface area contributed by atoms with Crippen molar-refractivity contribution in [1.29, 1.82) is 0 Å². The minimum absolute atomic E-state index is 0.539. The second-order valence-corrected chi connectivity index (χ2v) is 7.73. The summed E-state index contributed by atoms with van der Waals surface area (Å²) >= 11 is 0. The number of hydrogen-bond donors (Lipinski definition) is 2. The molecule has 0 aliphatic carbocycles. The van der Waals surface area contributed by atoms with E-state index in [4.69, 9.17) is 18.9 Å². The molecule has 0 unspecified atom stereocenters. The molecule has 0 spiro atoms. The van der Waals surface area contributed by atoms with Crippen LogP contribution in [-0.4, -0.2) is 58.8 Å². The second kappa shape index (κ2) is 9.79. The Labute approximate surface area is 207 Å². The van der Waals surface area contributed by atoms with E-state index in [1.807, 2.05) is 48.5 Å². The molecule has 36 heavy (non-hydrogen) atoms. The molecule has 0 aliphatic rings. The highest BCUT2D eigenvalue weighted by Crippen LogP contribution is 2.34. The van der Waals surface area contributed by atoms with E-state index >= 15 is 0 Å². The van der Waals surface area contributed by atoms with Crippen LogP contribution in [0, 0.1) is 0 Å². The van der Waals surface area contributed by atoms with E-state index in [1.54, 1.807) is 40.6 Å². The van der Waals surface area contributed by atoms with Crippen molar-refractivity contribution in [3.63, 3.8) is 0 Å². The number of hydrogen-bond acceptors (Lipinski definition) is 8. The molecule has 0 bridgehead atoms.